The third-order valence-corrected chi connectivity index (χ3v) is 3.30. The van der Waals surface area contributed by atoms with Crippen molar-refractivity contribution in [2.45, 2.75) is 38.9 Å². The molecule has 0 fully saturated rings. The average Bonchev–Trinajstić information content (AvgIpc) is 2.43. The summed E-state index contributed by atoms with van der Waals surface area (Å²) in [4.78, 5) is 11.9. The van der Waals surface area contributed by atoms with Crippen LogP contribution in [0.1, 0.15) is 32.8 Å². The van der Waals surface area contributed by atoms with Crippen molar-refractivity contribution in [3.8, 4) is 5.75 Å². The van der Waals surface area contributed by atoms with Crippen LogP contribution in [0, 0.1) is 5.92 Å². The lowest BCUT2D eigenvalue weighted by atomic mass is 9.91. The molecule has 0 aromatic heterocycles. The van der Waals surface area contributed by atoms with E-state index in [1.165, 1.54) is 12.1 Å². The van der Waals surface area contributed by atoms with Gasteiger partial charge in [0.05, 0.1) is 5.56 Å². The van der Waals surface area contributed by atoms with Gasteiger partial charge in [-0.25, -0.2) is 0 Å². The third-order valence-electron chi connectivity index (χ3n) is 3.30. The summed E-state index contributed by atoms with van der Waals surface area (Å²) >= 11 is 0. The standard InChI is InChI=1S/C16H23F3N2O2.ClH/c1-11(2)8-15(3,10-20)21-14(22)9-23-13-6-4-12(5-7-13)16(17,18)19;/h4-7,11H,8-10,20H2,1-3H3,(H,21,22);1H. The minimum atomic E-state index is -4.39. The largest absolute Gasteiger partial charge is 0.484 e. The Labute approximate surface area is 146 Å². The minimum Gasteiger partial charge on any atom is -0.484 e. The van der Waals surface area contributed by atoms with Crippen LogP contribution in [0.25, 0.3) is 0 Å². The molecule has 1 unspecified atom stereocenters. The summed E-state index contributed by atoms with van der Waals surface area (Å²) in [5.41, 5.74) is 4.41. The second-order valence-electron chi connectivity index (χ2n) is 6.22. The van der Waals surface area contributed by atoms with Crippen LogP contribution in [-0.2, 0) is 11.0 Å². The van der Waals surface area contributed by atoms with Crippen LogP contribution in [0.2, 0.25) is 0 Å². The van der Waals surface area contributed by atoms with E-state index in [1.807, 2.05) is 20.8 Å². The Morgan fingerprint density at radius 2 is 1.79 bits per heavy atom. The first-order valence-electron chi connectivity index (χ1n) is 7.37. The number of ether oxygens (including phenoxy) is 1. The number of benzene rings is 1. The molecule has 0 heterocycles. The van der Waals surface area contributed by atoms with E-state index in [1.54, 1.807) is 0 Å². The van der Waals surface area contributed by atoms with Crippen molar-refractivity contribution >= 4 is 18.3 Å². The van der Waals surface area contributed by atoms with E-state index in [4.69, 9.17) is 10.5 Å². The van der Waals surface area contributed by atoms with Crippen molar-refractivity contribution in [3.63, 3.8) is 0 Å². The van der Waals surface area contributed by atoms with Crippen molar-refractivity contribution in [3.05, 3.63) is 29.8 Å². The predicted molar refractivity (Wildman–Crippen MR) is 89.2 cm³/mol. The molecule has 4 nitrogen and oxygen atoms in total. The van der Waals surface area contributed by atoms with Gasteiger partial charge in [-0.15, -0.1) is 12.4 Å². The molecule has 0 radical (unpaired) electrons. The van der Waals surface area contributed by atoms with E-state index in [0.29, 0.717) is 5.92 Å². The molecular formula is C16H24ClF3N2O2. The molecule has 0 saturated heterocycles. The van der Waals surface area contributed by atoms with Gasteiger partial charge >= 0.3 is 6.18 Å². The van der Waals surface area contributed by atoms with Gasteiger partial charge in [0.2, 0.25) is 0 Å². The van der Waals surface area contributed by atoms with Gasteiger partial charge in [0, 0.05) is 12.1 Å². The minimum absolute atomic E-state index is 0. The Balaban J connectivity index is 0.00000529. The van der Waals surface area contributed by atoms with E-state index in [9.17, 15) is 18.0 Å². The summed E-state index contributed by atoms with van der Waals surface area (Å²) in [6, 6.07) is 4.20. The quantitative estimate of drug-likeness (QED) is 0.775. The topological polar surface area (TPSA) is 64.3 Å². The molecule has 1 aromatic rings. The maximum atomic E-state index is 12.4. The Hall–Kier alpha value is -1.47. The van der Waals surface area contributed by atoms with Gasteiger partial charge in [-0.3, -0.25) is 4.79 Å². The highest BCUT2D eigenvalue weighted by molar-refractivity contribution is 5.85. The van der Waals surface area contributed by atoms with Crippen LogP contribution < -0.4 is 15.8 Å². The molecule has 0 aliphatic heterocycles. The van der Waals surface area contributed by atoms with E-state index in [2.05, 4.69) is 5.32 Å². The second kappa shape index (κ2) is 9.13. The summed E-state index contributed by atoms with van der Waals surface area (Å²) in [5.74, 6) is 0.199. The molecule has 0 spiro atoms. The van der Waals surface area contributed by atoms with Gasteiger partial charge in [-0.2, -0.15) is 13.2 Å². The lowest BCUT2D eigenvalue weighted by molar-refractivity contribution is -0.137. The maximum absolute atomic E-state index is 12.4. The number of rotatable bonds is 7. The van der Waals surface area contributed by atoms with Crippen LogP contribution in [-0.4, -0.2) is 24.6 Å². The van der Waals surface area contributed by atoms with E-state index < -0.39 is 17.3 Å². The first-order valence-corrected chi connectivity index (χ1v) is 7.37. The van der Waals surface area contributed by atoms with Crippen molar-refractivity contribution in [2.75, 3.05) is 13.2 Å². The van der Waals surface area contributed by atoms with Crippen molar-refractivity contribution in [2.24, 2.45) is 11.7 Å². The van der Waals surface area contributed by atoms with E-state index >= 15 is 0 Å². The number of nitrogens with two attached hydrogens (primary N) is 1. The number of halogens is 4. The van der Waals surface area contributed by atoms with E-state index in [-0.39, 0.29) is 37.2 Å². The number of hydrogen-bond acceptors (Lipinski definition) is 3. The number of alkyl halides is 3. The van der Waals surface area contributed by atoms with Crippen molar-refractivity contribution in [1.82, 2.24) is 5.32 Å². The summed E-state index contributed by atoms with van der Waals surface area (Å²) in [6.07, 6.45) is -3.68. The summed E-state index contributed by atoms with van der Waals surface area (Å²) in [6.45, 7) is 5.91. The molecule has 0 aliphatic carbocycles. The fraction of sp³-hybridized carbons (Fsp3) is 0.562. The Morgan fingerprint density at radius 1 is 1.25 bits per heavy atom. The molecule has 3 N–H and O–H groups in total. The maximum Gasteiger partial charge on any atom is 0.416 e. The first-order chi connectivity index (χ1) is 10.6. The Bertz CT molecular complexity index is 521. The lowest BCUT2D eigenvalue weighted by Gasteiger charge is -2.31. The zero-order chi connectivity index (χ0) is 17.7. The van der Waals surface area contributed by atoms with Gasteiger partial charge in [-0.05, 0) is 43.5 Å². The Morgan fingerprint density at radius 3 is 2.21 bits per heavy atom. The van der Waals surface area contributed by atoms with Gasteiger partial charge in [0.15, 0.2) is 6.61 Å². The zero-order valence-electron chi connectivity index (χ0n) is 13.9. The molecule has 0 bridgehead atoms. The third kappa shape index (κ3) is 7.40. The molecule has 24 heavy (non-hydrogen) atoms. The Kier molecular flexibility index (Phi) is 8.57. The number of nitrogens with one attached hydrogen (secondary N) is 1. The lowest BCUT2D eigenvalue weighted by Crippen LogP contribution is -2.53. The van der Waals surface area contributed by atoms with Crippen LogP contribution in [0.4, 0.5) is 13.2 Å². The smallest absolute Gasteiger partial charge is 0.416 e. The van der Waals surface area contributed by atoms with Gasteiger partial charge in [0.25, 0.3) is 5.91 Å². The zero-order valence-corrected chi connectivity index (χ0v) is 14.8. The van der Waals surface area contributed by atoms with Crippen molar-refractivity contribution in [1.29, 1.82) is 0 Å². The van der Waals surface area contributed by atoms with Gasteiger partial charge < -0.3 is 15.8 Å². The average molecular weight is 369 g/mol. The molecule has 0 saturated carbocycles. The number of hydrogen-bond donors (Lipinski definition) is 2. The van der Waals surface area contributed by atoms with Crippen LogP contribution in [0.3, 0.4) is 0 Å². The molecule has 1 amide bonds. The number of amides is 1. The van der Waals surface area contributed by atoms with Crippen LogP contribution >= 0.6 is 12.4 Å². The normalized spacial score (nSPS) is 13.8. The highest BCUT2D eigenvalue weighted by atomic mass is 35.5. The van der Waals surface area contributed by atoms with Crippen LogP contribution in [0.15, 0.2) is 24.3 Å². The molecule has 8 heteroatoms. The SMILES string of the molecule is CC(C)CC(C)(CN)NC(=O)COc1ccc(C(F)(F)F)cc1.Cl. The second-order valence-corrected chi connectivity index (χ2v) is 6.22. The number of carbonyl (C=O) groups excluding carboxylic acids is 1. The highest BCUT2D eigenvalue weighted by Crippen LogP contribution is 2.30. The molecule has 138 valence electrons. The summed E-state index contributed by atoms with van der Waals surface area (Å²) in [7, 11) is 0. The molecule has 0 aliphatic rings. The van der Waals surface area contributed by atoms with Gasteiger partial charge in [-0.1, -0.05) is 13.8 Å². The summed E-state index contributed by atoms with van der Waals surface area (Å²) < 4.78 is 42.5. The predicted octanol–water partition coefficient (Wildman–Crippen LogP) is 3.39. The van der Waals surface area contributed by atoms with Crippen LogP contribution in [0.5, 0.6) is 5.75 Å². The molecule has 1 aromatic carbocycles. The monoisotopic (exact) mass is 368 g/mol. The van der Waals surface area contributed by atoms with E-state index in [0.717, 1.165) is 18.6 Å². The highest BCUT2D eigenvalue weighted by Gasteiger charge is 2.30. The fourth-order valence-electron chi connectivity index (χ4n) is 2.35. The van der Waals surface area contributed by atoms with Gasteiger partial charge in [0.1, 0.15) is 5.75 Å². The molecule has 1 atom stereocenters. The fourth-order valence-corrected chi connectivity index (χ4v) is 2.35. The molecular weight excluding hydrogens is 345 g/mol. The summed E-state index contributed by atoms with van der Waals surface area (Å²) in [5, 5.41) is 2.81. The van der Waals surface area contributed by atoms with Crippen molar-refractivity contribution < 1.29 is 22.7 Å². The molecule has 1 rings (SSSR count). The number of carbonyl (C=O) groups is 1. The first kappa shape index (κ1) is 22.5.